The Balaban J connectivity index is 1.79. The molecular weight excluding hydrogens is 370 g/mol. The molecule has 1 aliphatic heterocycles. The van der Waals surface area contributed by atoms with Crippen LogP contribution in [0.25, 0.3) is 0 Å². The fourth-order valence-electron chi connectivity index (χ4n) is 3.38. The first-order valence-electron chi connectivity index (χ1n) is 10.2. The van der Waals surface area contributed by atoms with Crippen LogP contribution in [0.5, 0.6) is 0 Å². The zero-order chi connectivity index (χ0) is 19.9. The Hall–Kier alpha value is -1.86. The summed E-state index contributed by atoms with van der Waals surface area (Å²) in [5, 5.41) is 12.5. The van der Waals surface area contributed by atoms with E-state index < -0.39 is 0 Å². The minimum Gasteiger partial charge on any atom is -0.353 e. The second kappa shape index (κ2) is 10.1. The third kappa shape index (κ3) is 5.82. The van der Waals surface area contributed by atoms with Crippen LogP contribution < -0.4 is 5.32 Å². The summed E-state index contributed by atoms with van der Waals surface area (Å²) in [5.74, 6) is 1.01. The monoisotopic (exact) mass is 401 g/mol. The molecule has 28 heavy (non-hydrogen) atoms. The largest absolute Gasteiger partial charge is 0.353 e. The van der Waals surface area contributed by atoms with Gasteiger partial charge in [0.15, 0.2) is 5.16 Å². The van der Waals surface area contributed by atoms with Crippen molar-refractivity contribution in [1.82, 2.24) is 25.0 Å². The number of amides is 1. The zero-order valence-corrected chi connectivity index (χ0v) is 17.9. The highest BCUT2D eigenvalue weighted by atomic mass is 32.2. The summed E-state index contributed by atoms with van der Waals surface area (Å²) in [6.45, 7) is 9.65. The van der Waals surface area contributed by atoms with E-state index in [4.69, 9.17) is 0 Å². The number of piperidine rings is 1. The van der Waals surface area contributed by atoms with E-state index in [1.165, 1.54) is 36.6 Å². The van der Waals surface area contributed by atoms with Crippen LogP contribution in [-0.4, -0.2) is 50.0 Å². The first-order valence-corrected chi connectivity index (χ1v) is 11.1. The molecule has 0 spiro atoms. The van der Waals surface area contributed by atoms with Gasteiger partial charge in [0.1, 0.15) is 5.82 Å². The van der Waals surface area contributed by atoms with E-state index in [0.29, 0.717) is 0 Å². The highest BCUT2D eigenvalue weighted by molar-refractivity contribution is 8.00. The maximum Gasteiger partial charge on any atom is 0.233 e. The zero-order valence-electron chi connectivity index (χ0n) is 17.1. The summed E-state index contributed by atoms with van der Waals surface area (Å²) < 4.78 is 2.17. The number of nitrogens with zero attached hydrogens (tertiary/aromatic N) is 4. The van der Waals surface area contributed by atoms with Crippen molar-refractivity contribution in [2.75, 3.05) is 13.1 Å². The summed E-state index contributed by atoms with van der Waals surface area (Å²) >= 11 is 1.48. The molecule has 152 valence electrons. The van der Waals surface area contributed by atoms with Gasteiger partial charge in [-0.3, -0.25) is 9.69 Å². The molecule has 0 bridgehead atoms. The van der Waals surface area contributed by atoms with Gasteiger partial charge in [-0.05, 0) is 52.3 Å². The van der Waals surface area contributed by atoms with Crippen LogP contribution in [0.1, 0.15) is 51.4 Å². The van der Waals surface area contributed by atoms with Crippen LogP contribution in [0, 0.1) is 0 Å². The Labute approximate surface area is 172 Å². The molecule has 0 aliphatic carbocycles. The maximum atomic E-state index is 12.4. The van der Waals surface area contributed by atoms with Gasteiger partial charge in [0.25, 0.3) is 0 Å². The van der Waals surface area contributed by atoms with E-state index in [-0.39, 0.29) is 17.2 Å². The van der Waals surface area contributed by atoms with Crippen molar-refractivity contribution in [2.24, 2.45) is 0 Å². The van der Waals surface area contributed by atoms with E-state index in [0.717, 1.165) is 37.2 Å². The van der Waals surface area contributed by atoms with Crippen LogP contribution >= 0.6 is 11.8 Å². The Kier molecular flexibility index (Phi) is 7.50. The van der Waals surface area contributed by atoms with E-state index in [9.17, 15) is 4.79 Å². The van der Waals surface area contributed by atoms with E-state index in [1.54, 1.807) is 0 Å². The van der Waals surface area contributed by atoms with Crippen molar-refractivity contribution in [3.8, 4) is 0 Å². The number of benzene rings is 1. The number of hydrogen-bond donors (Lipinski definition) is 1. The Morgan fingerprint density at radius 3 is 2.46 bits per heavy atom. The molecule has 1 aliphatic rings. The molecule has 0 saturated carbocycles. The smallest absolute Gasteiger partial charge is 0.233 e. The molecule has 7 heteroatoms. The maximum absolute atomic E-state index is 12.4. The predicted molar refractivity (Wildman–Crippen MR) is 113 cm³/mol. The van der Waals surface area contributed by atoms with Gasteiger partial charge in [0, 0.05) is 6.04 Å². The second-order valence-corrected chi connectivity index (χ2v) is 9.04. The van der Waals surface area contributed by atoms with Gasteiger partial charge < -0.3 is 9.88 Å². The first kappa shape index (κ1) is 20.9. The number of hydrogen-bond acceptors (Lipinski definition) is 5. The van der Waals surface area contributed by atoms with Crippen molar-refractivity contribution in [1.29, 1.82) is 0 Å². The molecule has 0 unspecified atom stereocenters. The summed E-state index contributed by atoms with van der Waals surface area (Å²) in [5.41, 5.74) is 1.21. The van der Waals surface area contributed by atoms with Gasteiger partial charge in [-0.1, -0.05) is 48.5 Å². The second-order valence-electron chi connectivity index (χ2n) is 7.73. The minimum atomic E-state index is -0.219. The topological polar surface area (TPSA) is 63.1 Å². The van der Waals surface area contributed by atoms with Crippen molar-refractivity contribution in [3.63, 3.8) is 0 Å². The SMILES string of the molecule is CC(C)NC(=O)[C@@H](C)Sc1nnc(CN2CCCCC2)n1Cc1ccccc1. The van der Waals surface area contributed by atoms with Crippen molar-refractivity contribution in [3.05, 3.63) is 41.7 Å². The molecule has 1 N–H and O–H groups in total. The average Bonchev–Trinajstić information content (AvgIpc) is 3.04. The lowest BCUT2D eigenvalue weighted by molar-refractivity contribution is -0.120. The number of rotatable bonds is 8. The molecule has 1 amide bonds. The number of carbonyl (C=O) groups excluding carboxylic acids is 1. The van der Waals surface area contributed by atoms with Gasteiger partial charge >= 0.3 is 0 Å². The fraction of sp³-hybridized carbons (Fsp3) is 0.571. The molecule has 6 nitrogen and oxygen atoms in total. The standard InChI is InChI=1S/C21H31N5OS/c1-16(2)22-20(27)17(3)28-21-24-23-19(15-25-12-8-5-9-13-25)26(21)14-18-10-6-4-7-11-18/h4,6-7,10-11,16-17H,5,8-9,12-15H2,1-3H3,(H,22,27)/t17-/m1/s1. The molecular formula is C21H31N5OS. The lowest BCUT2D eigenvalue weighted by Gasteiger charge is -2.26. The average molecular weight is 402 g/mol. The molecule has 0 radical (unpaired) electrons. The van der Waals surface area contributed by atoms with Crippen molar-refractivity contribution in [2.45, 2.75) is 69.6 Å². The summed E-state index contributed by atoms with van der Waals surface area (Å²) in [4.78, 5) is 14.8. The van der Waals surface area contributed by atoms with Crippen molar-refractivity contribution < 1.29 is 4.79 Å². The number of carbonyl (C=O) groups is 1. The predicted octanol–water partition coefficient (Wildman–Crippen LogP) is 3.32. The summed E-state index contributed by atoms with van der Waals surface area (Å²) in [6, 6.07) is 10.5. The number of likely N-dealkylation sites (tertiary alicyclic amines) is 1. The minimum absolute atomic E-state index is 0.0341. The quantitative estimate of drug-likeness (QED) is 0.688. The Bertz CT molecular complexity index is 755. The molecule has 2 aromatic rings. The van der Waals surface area contributed by atoms with Crippen LogP contribution in [0.15, 0.2) is 35.5 Å². The van der Waals surface area contributed by atoms with Crippen LogP contribution in [0.2, 0.25) is 0 Å². The van der Waals surface area contributed by atoms with E-state index >= 15 is 0 Å². The summed E-state index contributed by atoms with van der Waals surface area (Å²) in [7, 11) is 0. The van der Waals surface area contributed by atoms with E-state index in [1.807, 2.05) is 26.8 Å². The van der Waals surface area contributed by atoms with Gasteiger partial charge in [-0.2, -0.15) is 0 Å². The molecule has 2 heterocycles. The van der Waals surface area contributed by atoms with Crippen LogP contribution in [-0.2, 0) is 17.9 Å². The highest BCUT2D eigenvalue weighted by Crippen LogP contribution is 2.24. The fourth-order valence-corrected chi connectivity index (χ4v) is 4.26. The molecule has 1 aromatic carbocycles. The third-order valence-electron chi connectivity index (χ3n) is 4.87. The lowest BCUT2D eigenvalue weighted by Crippen LogP contribution is -2.36. The Morgan fingerprint density at radius 2 is 1.79 bits per heavy atom. The van der Waals surface area contributed by atoms with Crippen LogP contribution in [0.3, 0.4) is 0 Å². The normalized spacial score (nSPS) is 16.3. The van der Waals surface area contributed by atoms with Crippen LogP contribution in [0.4, 0.5) is 0 Å². The summed E-state index contributed by atoms with van der Waals surface area (Å²) in [6.07, 6.45) is 3.82. The van der Waals surface area contributed by atoms with Gasteiger partial charge in [-0.25, -0.2) is 0 Å². The number of aromatic nitrogens is 3. The molecule has 1 saturated heterocycles. The van der Waals surface area contributed by atoms with E-state index in [2.05, 4.69) is 49.2 Å². The van der Waals surface area contributed by atoms with Gasteiger partial charge in [-0.15, -0.1) is 10.2 Å². The Morgan fingerprint density at radius 1 is 1.07 bits per heavy atom. The molecule has 1 atom stereocenters. The van der Waals surface area contributed by atoms with Gasteiger partial charge in [0.2, 0.25) is 5.91 Å². The van der Waals surface area contributed by atoms with Crippen molar-refractivity contribution >= 4 is 17.7 Å². The first-order chi connectivity index (χ1) is 13.5. The number of nitrogens with one attached hydrogen (secondary N) is 1. The molecule has 3 rings (SSSR count). The third-order valence-corrected chi connectivity index (χ3v) is 5.95. The molecule has 1 fully saturated rings. The highest BCUT2D eigenvalue weighted by Gasteiger charge is 2.22. The number of thioether (sulfide) groups is 1. The van der Waals surface area contributed by atoms with Gasteiger partial charge in [0.05, 0.1) is 18.3 Å². The lowest BCUT2D eigenvalue weighted by atomic mass is 10.1. The molecule has 1 aromatic heterocycles.